The van der Waals surface area contributed by atoms with E-state index in [0.29, 0.717) is 10.0 Å². The lowest BCUT2D eigenvalue weighted by atomic mass is 10.2. The molecule has 1 aromatic carbocycles. The normalized spacial score (nSPS) is 12.1. The molecule has 0 aliphatic heterocycles. The van der Waals surface area contributed by atoms with Gasteiger partial charge in [-0.1, -0.05) is 46.4 Å². The van der Waals surface area contributed by atoms with E-state index < -0.39 is 10.2 Å². The second-order valence-corrected chi connectivity index (χ2v) is 5.48. The molecule has 0 fully saturated rings. The van der Waals surface area contributed by atoms with E-state index in [4.69, 9.17) is 46.4 Å². The molecule has 0 bridgehead atoms. The molecule has 0 spiro atoms. The Hall–Kier alpha value is -0.350. The van der Waals surface area contributed by atoms with Gasteiger partial charge in [0.2, 0.25) is 0 Å². The Kier molecular flexibility index (Phi) is 4.78. The van der Waals surface area contributed by atoms with Crippen molar-refractivity contribution in [1.82, 2.24) is 0 Å². The highest BCUT2D eigenvalue weighted by molar-refractivity contribution is 6.57. The minimum absolute atomic E-state index is 0.228. The van der Waals surface area contributed by atoms with Gasteiger partial charge >= 0.3 is 0 Å². The first-order chi connectivity index (χ1) is 7.74. The van der Waals surface area contributed by atoms with Gasteiger partial charge in [-0.25, -0.2) is 0 Å². The molecular weight excluding hydrogens is 306 g/mol. The van der Waals surface area contributed by atoms with E-state index >= 15 is 0 Å². The van der Waals surface area contributed by atoms with Gasteiger partial charge < -0.3 is 0 Å². The lowest BCUT2D eigenvalue weighted by Gasteiger charge is -2.08. The molecule has 17 heavy (non-hydrogen) atoms. The minimum Gasteiger partial charge on any atom is -0.294 e. The monoisotopic (exact) mass is 312 g/mol. The third kappa shape index (κ3) is 3.81. The number of carbonyl (C=O) groups excluding carboxylic acids is 1. The fraction of sp³-hybridized carbons (Fsp3) is 0.300. The smallest absolute Gasteiger partial charge is 0.285 e. The van der Waals surface area contributed by atoms with Gasteiger partial charge in [-0.05, 0) is 31.5 Å². The highest BCUT2D eigenvalue weighted by Gasteiger charge is 2.29. The molecule has 0 unspecified atom stereocenters. The first-order valence-corrected chi connectivity index (χ1v) is 6.02. The SMILES string of the molecule is CC(=O)C(Cl)(Cl)/N=N/c1c(Cl)cc(C)cc1Cl. The third-order valence-electron chi connectivity index (χ3n) is 1.86. The highest BCUT2D eigenvalue weighted by Crippen LogP contribution is 2.36. The van der Waals surface area contributed by atoms with Gasteiger partial charge in [0, 0.05) is 0 Å². The molecule has 1 rings (SSSR count). The van der Waals surface area contributed by atoms with Crippen LogP contribution in [0.5, 0.6) is 0 Å². The molecule has 3 nitrogen and oxygen atoms in total. The maximum Gasteiger partial charge on any atom is 0.285 e. The van der Waals surface area contributed by atoms with E-state index in [1.165, 1.54) is 6.92 Å². The van der Waals surface area contributed by atoms with Crippen molar-refractivity contribution in [3.63, 3.8) is 0 Å². The van der Waals surface area contributed by atoms with E-state index in [2.05, 4.69) is 10.2 Å². The zero-order valence-corrected chi connectivity index (χ0v) is 12.0. The molecule has 0 heterocycles. The quantitative estimate of drug-likeness (QED) is 0.434. The van der Waals surface area contributed by atoms with E-state index in [1.807, 2.05) is 6.92 Å². The zero-order valence-electron chi connectivity index (χ0n) is 8.97. The van der Waals surface area contributed by atoms with Crippen molar-refractivity contribution >= 4 is 57.9 Å². The second-order valence-electron chi connectivity index (χ2n) is 3.37. The van der Waals surface area contributed by atoms with Gasteiger partial charge in [-0.15, -0.1) is 10.2 Å². The van der Waals surface area contributed by atoms with Crippen LogP contribution in [0.1, 0.15) is 12.5 Å². The molecule has 0 saturated carbocycles. The van der Waals surface area contributed by atoms with Gasteiger partial charge in [-0.3, -0.25) is 4.79 Å². The summed E-state index contributed by atoms with van der Waals surface area (Å²) < 4.78 is -1.92. The summed E-state index contributed by atoms with van der Waals surface area (Å²) in [7, 11) is 0. The number of carbonyl (C=O) groups is 1. The topological polar surface area (TPSA) is 41.8 Å². The molecule has 0 radical (unpaired) electrons. The summed E-state index contributed by atoms with van der Waals surface area (Å²) >= 11 is 23.1. The van der Waals surface area contributed by atoms with Crippen LogP contribution in [-0.4, -0.2) is 10.2 Å². The predicted octanol–water partition coefficient (Wildman–Crippen LogP) is 5.11. The number of halogens is 4. The number of benzene rings is 1. The number of Topliss-reactive ketones (excluding diaryl/α,β-unsaturated/α-hetero) is 1. The van der Waals surface area contributed by atoms with Crippen LogP contribution in [0, 0.1) is 6.92 Å². The Labute approximate surface area is 119 Å². The Balaban J connectivity index is 3.12. The number of rotatable bonds is 3. The lowest BCUT2D eigenvalue weighted by molar-refractivity contribution is -0.117. The number of alkyl halides is 2. The highest BCUT2D eigenvalue weighted by atomic mass is 35.5. The van der Waals surface area contributed by atoms with Crippen LogP contribution in [0.4, 0.5) is 5.69 Å². The van der Waals surface area contributed by atoms with Crippen LogP contribution in [-0.2, 0) is 4.79 Å². The zero-order chi connectivity index (χ0) is 13.2. The summed E-state index contributed by atoms with van der Waals surface area (Å²) in [5.41, 5.74) is 1.11. The lowest BCUT2D eigenvalue weighted by Crippen LogP contribution is -2.19. The van der Waals surface area contributed by atoms with Crippen molar-refractivity contribution in [3.05, 3.63) is 27.7 Å². The molecular formula is C10H8Cl4N2O. The van der Waals surface area contributed by atoms with E-state index in [9.17, 15) is 4.79 Å². The number of aryl methyl sites for hydroxylation is 1. The Morgan fingerprint density at radius 1 is 1.24 bits per heavy atom. The molecule has 0 N–H and O–H groups in total. The molecule has 0 aromatic heterocycles. The minimum atomic E-state index is -1.92. The van der Waals surface area contributed by atoms with Gasteiger partial charge in [-0.2, -0.15) is 0 Å². The van der Waals surface area contributed by atoms with E-state index in [1.54, 1.807) is 12.1 Å². The van der Waals surface area contributed by atoms with Crippen molar-refractivity contribution < 1.29 is 4.79 Å². The van der Waals surface area contributed by atoms with Crippen LogP contribution in [0.3, 0.4) is 0 Å². The van der Waals surface area contributed by atoms with Crippen molar-refractivity contribution in [2.75, 3.05) is 0 Å². The van der Waals surface area contributed by atoms with Crippen LogP contribution >= 0.6 is 46.4 Å². The average molecular weight is 314 g/mol. The molecule has 0 amide bonds. The molecule has 92 valence electrons. The van der Waals surface area contributed by atoms with E-state index in [-0.39, 0.29) is 5.69 Å². The number of azo groups is 1. The van der Waals surface area contributed by atoms with E-state index in [0.717, 1.165) is 5.56 Å². The summed E-state index contributed by atoms with van der Waals surface area (Å²) in [5, 5.41) is 7.85. The van der Waals surface area contributed by atoms with Crippen LogP contribution < -0.4 is 0 Å². The fourth-order valence-electron chi connectivity index (χ4n) is 0.971. The number of hydrogen-bond acceptors (Lipinski definition) is 3. The van der Waals surface area contributed by atoms with Crippen LogP contribution in [0.15, 0.2) is 22.4 Å². The molecule has 0 aliphatic rings. The first-order valence-electron chi connectivity index (χ1n) is 4.51. The Morgan fingerprint density at radius 3 is 2.12 bits per heavy atom. The van der Waals surface area contributed by atoms with Crippen molar-refractivity contribution in [3.8, 4) is 0 Å². The Bertz CT molecular complexity index is 462. The van der Waals surface area contributed by atoms with Gasteiger partial charge in [0.25, 0.3) is 4.46 Å². The second kappa shape index (κ2) is 5.53. The molecule has 0 aliphatic carbocycles. The van der Waals surface area contributed by atoms with Crippen molar-refractivity contribution in [1.29, 1.82) is 0 Å². The third-order valence-corrected chi connectivity index (χ3v) is 3.12. The standard InChI is InChI=1S/C10H8Cl4N2O/c1-5-3-7(11)9(8(12)4-5)15-16-10(13,14)6(2)17/h3-4H,1-2H3/b16-15+. The maximum absolute atomic E-state index is 11.0. The molecule has 7 heteroatoms. The summed E-state index contributed by atoms with van der Waals surface area (Å²) in [6.45, 7) is 3.04. The van der Waals surface area contributed by atoms with Crippen LogP contribution in [0.2, 0.25) is 10.0 Å². The largest absolute Gasteiger partial charge is 0.294 e. The molecule has 0 atom stereocenters. The number of hydrogen-bond donors (Lipinski definition) is 0. The molecule has 1 aromatic rings. The summed E-state index contributed by atoms with van der Waals surface area (Å²) in [6, 6.07) is 3.33. The Morgan fingerprint density at radius 2 is 1.71 bits per heavy atom. The van der Waals surface area contributed by atoms with Gasteiger partial charge in [0.05, 0.1) is 10.0 Å². The summed E-state index contributed by atoms with van der Waals surface area (Å²) in [5.74, 6) is -0.538. The fourth-order valence-corrected chi connectivity index (χ4v) is 1.72. The number of nitrogens with zero attached hydrogens (tertiary/aromatic N) is 2. The molecule has 0 saturated heterocycles. The van der Waals surface area contributed by atoms with Gasteiger partial charge in [0.15, 0.2) is 5.78 Å². The maximum atomic E-state index is 11.0. The van der Waals surface area contributed by atoms with Crippen LogP contribution in [0.25, 0.3) is 0 Å². The van der Waals surface area contributed by atoms with Crippen molar-refractivity contribution in [2.45, 2.75) is 18.3 Å². The summed E-state index contributed by atoms with van der Waals surface area (Å²) in [6.07, 6.45) is 0. The van der Waals surface area contributed by atoms with Gasteiger partial charge in [0.1, 0.15) is 5.69 Å². The van der Waals surface area contributed by atoms with Crippen molar-refractivity contribution in [2.24, 2.45) is 10.2 Å². The first kappa shape index (κ1) is 14.7. The average Bonchev–Trinajstić information content (AvgIpc) is 2.15. The summed E-state index contributed by atoms with van der Waals surface area (Å²) in [4.78, 5) is 11.0. The predicted molar refractivity (Wildman–Crippen MR) is 70.8 cm³/mol. The number of ketones is 1.